The molecule has 0 aromatic rings. The Morgan fingerprint density at radius 3 is 2.11 bits per heavy atom. The van der Waals surface area contributed by atoms with Crippen molar-refractivity contribution in [2.45, 2.75) is 52.4 Å². The second-order valence-electron chi connectivity index (χ2n) is 3.90. The number of esters is 2. The molecule has 0 aromatic heterocycles. The van der Waals surface area contributed by atoms with E-state index in [2.05, 4.69) is 6.92 Å². The van der Waals surface area contributed by atoms with Crippen molar-refractivity contribution in [1.29, 1.82) is 0 Å². The van der Waals surface area contributed by atoms with E-state index in [-0.39, 0.29) is 11.9 Å². The van der Waals surface area contributed by atoms with E-state index in [0.717, 1.165) is 12.8 Å². The lowest BCUT2D eigenvalue weighted by Gasteiger charge is -2.03. The fourth-order valence-corrected chi connectivity index (χ4v) is 1.37. The number of carbonyl (C=O) groups excluding carboxylic acids is 2. The Morgan fingerprint density at radius 1 is 0.944 bits per heavy atom. The summed E-state index contributed by atoms with van der Waals surface area (Å²) in [5, 5.41) is 0. The summed E-state index contributed by atoms with van der Waals surface area (Å²) < 4.78 is 9.83. The maximum atomic E-state index is 11.3. The third kappa shape index (κ3) is 11.2. The summed E-state index contributed by atoms with van der Waals surface area (Å²) in [5.41, 5.74) is 0. The van der Waals surface area contributed by atoms with E-state index < -0.39 is 0 Å². The Hall–Kier alpha value is -1.32. The molecule has 0 amide bonds. The first-order chi connectivity index (χ1) is 8.70. The molecule has 0 atom stereocenters. The summed E-state index contributed by atoms with van der Waals surface area (Å²) in [7, 11) is 0. The van der Waals surface area contributed by atoms with Crippen molar-refractivity contribution >= 4 is 11.9 Å². The summed E-state index contributed by atoms with van der Waals surface area (Å²) in [6.45, 7) is 4.69. The molecular formula is C14H24O4. The minimum absolute atomic E-state index is 0.191. The van der Waals surface area contributed by atoms with Crippen molar-refractivity contribution in [3.63, 3.8) is 0 Å². The molecule has 104 valence electrons. The lowest BCUT2D eigenvalue weighted by Crippen LogP contribution is -2.07. The topological polar surface area (TPSA) is 52.6 Å². The molecule has 0 aromatic carbocycles. The summed E-state index contributed by atoms with van der Waals surface area (Å²) in [6.07, 6.45) is 7.91. The van der Waals surface area contributed by atoms with Gasteiger partial charge in [0, 0.05) is 12.8 Å². The maximum Gasteiger partial charge on any atom is 0.305 e. The highest BCUT2D eigenvalue weighted by molar-refractivity contribution is 5.70. The number of unbranched alkanes of at least 4 members (excludes halogenated alkanes) is 1. The van der Waals surface area contributed by atoms with Gasteiger partial charge in [-0.1, -0.05) is 19.1 Å². The van der Waals surface area contributed by atoms with Crippen LogP contribution in [0.15, 0.2) is 12.2 Å². The smallest absolute Gasteiger partial charge is 0.305 e. The van der Waals surface area contributed by atoms with E-state index in [1.165, 1.54) is 0 Å². The molecule has 0 spiro atoms. The molecule has 0 saturated heterocycles. The van der Waals surface area contributed by atoms with Gasteiger partial charge in [0.05, 0.1) is 13.2 Å². The van der Waals surface area contributed by atoms with Gasteiger partial charge < -0.3 is 9.47 Å². The van der Waals surface area contributed by atoms with Gasteiger partial charge in [0.1, 0.15) is 0 Å². The second-order valence-corrected chi connectivity index (χ2v) is 3.90. The Morgan fingerprint density at radius 2 is 1.56 bits per heavy atom. The van der Waals surface area contributed by atoms with Gasteiger partial charge in [0.15, 0.2) is 0 Å². The van der Waals surface area contributed by atoms with Crippen LogP contribution in [0.4, 0.5) is 0 Å². The standard InChI is InChI=1S/C14H24O4/c1-3-5-6-9-12-18-14(16)11-8-7-10-13(15)17-4-2/h5-6H,3-4,7-12H2,1-2H3/b6-5-. The maximum absolute atomic E-state index is 11.3. The first-order valence-electron chi connectivity index (χ1n) is 6.66. The number of carbonyl (C=O) groups is 2. The predicted molar refractivity (Wildman–Crippen MR) is 70.1 cm³/mol. The summed E-state index contributed by atoms with van der Waals surface area (Å²) >= 11 is 0. The van der Waals surface area contributed by atoms with Gasteiger partial charge in [-0.3, -0.25) is 9.59 Å². The Bertz CT molecular complexity index is 259. The van der Waals surface area contributed by atoms with Crippen LogP contribution in [0.5, 0.6) is 0 Å². The summed E-state index contributed by atoms with van der Waals surface area (Å²) in [5.74, 6) is -0.390. The molecule has 0 aliphatic carbocycles. The average Bonchev–Trinajstić information content (AvgIpc) is 2.35. The Balaban J connectivity index is 3.37. The normalized spacial score (nSPS) is 10.6. The molecule has 0 N–H and O–H groups in total. The highest BCUT2D eigenvalue weighted by atomic mass is 16.5. The lowest BCUT2D eigenvalue weighted by atomic mass is 10.2. The van der Waals surface area contributed by atoms with Crippen molar-refractivity contribution in [3.8, 4) is 0 Å². The number of hydrogen-bond donors (Lipinski definition) is 0. The van der Waals surface area contributed by atoms with E-state index in [1.807, 2.05) is 12.2 Å². The average molecular weight is 256 g/mol. The zero-order chi connectivity index (χ0) is 13.6. The number of hydrogen-bond acceptors (Lipinski definition) is 4. The van der Waals surface area contributed by atoms with Crippen LogP contribution in [0.25, 0.3) is 0 Å². The number of allylic oxidation sites excluding steroid dienone is 1. The zero-order valence-electron chi connectivity index (χ0n) is 11.4. The van der Waals surface area contributed by atoms with Crippen molar-refractivity contribution in [2.75, 3.05) is 13.2 Å². The van der Waals surface area contributed by atoms with Crippen LogP contribution >= 0.6 is 0 Å². The molecule has 0 fully saturated rings. The van der Waals surface area contributed by atoms with Crippen LogP contribution in [0, 0.1) is 0 Å². The Kier molecular flexibility index (Phi) is 11.3. The van der Waals surface area contributed by atoms with Gasteiger partial charge in [0.2, 0.25) is 0 Å². The van der Waals surface area contributed by atoms with E-state index >= 15 is 0 Å². The zero-order valence-corrected chi connectivity index (χ0v) is 11.4. The van der Waals surface area contributed by atoms with Crippen LogP contribution in [0.3, 0.4) is 0 Å². The molecule has 0 rings (SSSR count). The van der Waals surface area contributed by atoms with Gasteiger partial charge in [-0.2, -0.15) is 0 Å². The molecule has 0 heterocycles. The van der Waals surface area contributed by atoms with Gasteiger partial charge in [-0.05, 0) is 32.6 Å². The highest BCUT2D eigenvalue weighted by Crippen LogP contribution is 2.03. The van der Waals surface area contributed by atoms with E-state index in [9.17, 15) is 9.59 Å². The predicted octanol–water partition coefficient (Wildman–Crippen LogP) is 3.01. The van der Waals surface area contributed by atoms with Crippen LogP contribution in [-0.4, -0.2) is 25.2 Å². The first-order valence-corrected chi connectivity index (χ1v) is 6.66. The van der Waals surface area contributed by atoms with Crippen LogP contribution in [0.1, 0.15) is 52.4 Å². The van der Waals surface area contributed by atoms with Crippen molar-refractivity contribution < 1.29 is 19.1 Å². The van der Waals surface area contributed by atoms with Crippen LogP contribution in [-0.2, 0) is 19.1 Å². The third-order valence-electron chi connectivity index (χ3n) is 2.27. The fraction of sp³-hybridized carbons (Fsp3) is 0.714. The second kappa shape index (κ2) is 12.1. The Labute approximate surface area is 109 Å². The SMILES string of the molecule is CC/C=C\CCOC(=O)CCCCC(=O)OCC. The van der Waals surface area contributed by atoms with Gasteiger partial charge in [0.25, 0.3) is 0 Å². The van der Waals surface area contributed by atoms with Gasteiger partial charge >= 0.3 is 11.9 Å². The molecule has 18 heavy (non-hydrogen) atoms. The van der Waals surface area contributed by atoms with Gasteiger partial charge in [-0.25, -0.2) is 0 Å². The quantitative estimate of drug-likeness (QED) is 0.342. The lowest BCUT2D eigenvalue weighted by molar-refractivity contribution is -0.145. The molecule has 4 nitrogen and oxygen atoms in total. The first kappa shape index (κ1) is 16.7. The van der Waals surface area contributed by atoms with E-state index in [0.29, 0.717) is 38.9 Å². The molecule has 0 aliphatic heterocycles. The molecule has 4 heteroatoms. The minimum Gasteiger partial charge on any atom is -0.466 e. The number of ether oxygens (including phenoxy) is 2. The van der Waals surface area contributed by atoms with Crippen molar-refractivity contribution in [2.24, 2.45) is 0 Å². The highest BCUT2D eigenvalue weighted by Gasteiger charge is 2.04. The van der Waals surface area contributed by atoms with Crippen LogP contribution in [0.2, 0.25) is 0 Å². The van der Waals surface area contributed by atoms with Crippen molar-refractivity contribution in [1.82, 2.24) is 0 Å². The molecule has 0 unspecified atom stereocenters. The molecule has 0 bridgehead atoms. The van der Waals surface area contributed by atoms with Crippen LogP contribution < -0.4 is 0 Å². The number of rotatable bonds is 10. The molecular weight excluding hydrogens is 232 g/mol. The molecule has 0 saturated carbocycles. The molecule has 0 radical (unpaired) electrons. The summed E-state index contributed by atoms with van der Waals surface area (Å²) in [6, 6.07) is 0. The van der Waals surface area contributed by atoms with Gasteiger partial charge in [-0.15, -0.1) is 0 Å². The van der Waals surface area contributed by atoms with E-state index in [4.69, 9.17) is 9.47 Å². The summed E-state index contributed by atoms with van der Waals surface area (Å²) in [4.78, 5) is 22.3. The molecule has 0 aliphatic rings. The largest absolute Gasteiger partial charge is 0.466 e. The van der Waals surface area contributed by atoms with E-state index in [1.54, 1.807) is 6.92 Å². The fourth-order valence-electron chi connectivity index (χ4n) is 1.37. The monoisotopic (exact) mass is 256 g/mol. The minimum atomic E-state index is -0.199. The van der Waals surface area contributed by atoms with Crippen molar-refractivity contribution in [3.05, 3.63) is 12.2 Å². The third-order valence-corrected chi connectivity index (χ3v) is 2.27.